The van der Waals surface area contributed by atoms with Gasteiger partial charge >= 0.3 is 0 Å². The van der Waals surface area contributed by atoms with Crippen LogP contribution in [0.4, 0.5) is 4.39 Å². The number of hydrogen-bond acceptors (Lipinski definition) is 1. The van der Waals surface area contributed by atoms with E-state index in [1.807, 2.05) is 0 Å². The highest BCUT2D eigenvalue weighted by atomic mass is 79.9. The van der Waals surface area contributed by atoms with Gasteiger partial charge in [0.1, 0.15) is 5.82 Å². The average molecular weight is 326 g/mol. The Morgan fingerprint density at radius 1 is 1.37 bits per heavy atom. The third-order valence-electron chi connectivity index (χ3n) is 3.30. The van der Waals surface area contributed by atoms with E-state index in [1.165, 1.54) is 36.6 Å². The second-order valence-corrected chi connectivity index (χ2v) is 5.60. The smallest absolute Gasteiger partial charge is 0.251 e. The van der Waals surface area contributed by atoms with Gasteiger partial charge in [-0.3, -0.25) is 4.79 Å². The molecule has 1 aliphatic rings. The van der Waals surface area contributed by atoms with Crippen molar-refractivity contribution in [3.05, 3.63) is 45.7 Å². The monoisotopic (exact) mass is 325 g/mol. The second kappa shape index (κ2) is 6.85. The van der Waals surface area contributed by atoms with Crippen molar-refractivity contribution >= 4 is 21.8 Å². The molecular weight excluding hydrogens is 309 g/mol. The zero-order valence-corrected chi connectivity index (χ0v) is 12.3. The lowest BCUT2D eigenvalue weighted by Crippen LogP contribution is -2.24. The minimum Gasteiger partial charge on any atom is -0.352 e. The van der Waals surface area contributed by atoms with Crippen molar-refractivity contribution in [1.29, 1.82) is 0 Å². The molecule has 2 nitrogen and oxygen atoms in total. The standard InChI is InChI=1S/C15H17BrFNO/c16-13-10-12(6-7-14(13)17)15(19)18-9-8-11-4-2-1-3-5-11/h4,6-7,10H,1-3,5,8-9H2,(H,18,19). The first kappa shape index (κ1) is 14.3. The third kappa shape index (κ3) is 4.16. The maximum atomic E-state index is 13.1. The third-order valence-corrected chi connectivity index (χ3v) is 3.91. The minimum atomic E-state index is -0.357. The number of carbonyl (C=O) groups excluding carboxylic acids is 1. The largest absolute Gasteiger partial charge is 0.352 e. The van der Waals surface area contributed by atoms with Gasteiger partial charge in [0, 0.05) is 12.1 Å². The van der Waals surface area contributed by atoms with E-state index in [1.54, 1.807) is 0 Å². The van der Waals surface area contributed by atoms with E-state index in [4.69, 9.17) is 0 Å². The van der Waals surface area contributed by atoms with Gasteiger partial charge in [-0.1, -0.05) is 11.6 Å². The lowest BCUT2D eigenvalue weighted by atomic mass is 9.97. The highest BCUT2D eigenvalue weighted by Crippen LogP contribution is 2.20. The van der Waals surface area contributed by atoms with E-state index >= 15 is 0 Å². The van der Waals surface area contributed by atoms with Crippen LogP contribution in [0.15, 0.2) is 34.3 Å². The number of allylic oxidation sites excluding steroid dienone is 1. The van der Waals surface area contributed by atoms with Gasteiger partial charge in [0.25, 0.3) is 5.91 Å². The maximum Gasteiger partial charge on any atom is 0.251 e. The summed E-state index contributed by atoms with van der Waals surface area (Å²) in [7, 11) is 0. The number of halogens is 2. The van der Waals surface area contributed by atoms with Crippen LogP contribution in [0.2, 0.25) is 0 Å². The van der Waals surface area contributed by atoms with E-state index in [0.29, 0.717) is 16.6 Å². The van der Waals surface area contributed by atoms with Crippen molar-refractivity contribution in [2.24, 2.45) is 0 Å². The SMILES string of the molecule is O=C(NCCC1=CCCCC1)c1ccc(F)c(Br)c1. The van der Waals surface area contributed by atoms with Gasteiger partial charge in [-0.15, -0.1) is 0 Å². The molecule has 0 spiro atoms. The van der Waals surface area contributed by atoms with Crippen LogP contribution in [-0.2, 0) is 0 Å². The van der Waals surface area contributed by atoms with Crippen LogP contribution in [0.5, 0.6) is 0 Å². The minimum absolute atomic E-state index is 0.155. The molecule has 1 aromatic carbocycles. The summed E-state index contributed by atoms with van der Waals surface area (Å²) in [6.07, 6.45) is 8.04. The normalized spacial score (nSPS) is 14.9. The molecule has 0 fully saturated rings. The lowest BCUT2D eigenvalue weighted by Gasteiger charge is -2.13. The summed E-state index contributed by atoms with van der Waals surface area (Å²) in [5, 5.41) is 2.87. The quantitative estimate of drug-likeness (QED) is 0.825. The summed E-state index contributed by atoms with van der Waals surface area (Å²) < 4.78 is 13.4. The number of benzene rings is 1. The number of carbonyl (C=O) groups is 1. The molecule has 1 aliphatic carbocycles. The van der Waals surface area contributed by atoms with E-state index in [0.717, 1.165) is 19.3 Å². The first-order chi connectivity index (χ1) is 9.16. The summed E-state index contributed by atoms with van der Waals surface area (Å²) >= 11 is 3.08. The molecule has 2 rings (SSSR count). The van der Waals surface area contributed by atoms with E-state index < -0.39 is 0 Å². The van der Waals surface area contributed by atoms with Crippen LogP contribution in [0.25, 0.3) is 0 Å². The van der Waals surface area contributed by atoms with Crippen molar-refractivity contribution < 1.29 is 9.18 Å². The molecule has 19 heavy (non-hydrogen) atoms. The van der Waals surface area contributed by atoms with Gasteiger partial charge in [-0.25, -0.2) is 4.39 Å². The van der Waals surface area contributed by atoms with E-state index in [2.05, 4.69) is 27.3 Å². The predicted octanol–water partition coefficient (Wildman–Crippen LogP) is 4.21. The topological polar surface area (TPSA) is 29.1 Å². The molecule has 0 saturated carbocycles. The summed E-state index contributed by atoms with van der Waals surface area (Å²) in [5.41, 5.74) is 1.91. The molecule has 0 aliphatic heterocycles. The molecule has 0 bridgehead atoms. The fourth-order valence-electron chi connectivity index (χ4n) is 2.21. The molecule has 0 saturated heterocycles. The Morgan fingerprint density at radius 3 is 2.89 bits per heavy atom. The summed E-state index contributed by atoms with van der Waals surface area (Å²) in [5.74, 6) is -0.513. The van der Waals surface area contributed by atoms with E-state index in [9.17, 15) is 9.18 Å². The molecule has 0 aromatic heterocycles. The maximum absolute atomic E-state index is 13.1. The molecular formula is C15H17BrFNO. The van der Waals surface area contributed by atoms with Gasteiger partial charge in [0.05, 0.1) is 4.47 Å². The Morgan fingerprint density at radius 2 is 2.21 bits per heavy atom. The Kier molecular flexibility index (Phi) is 5.14. The lowest BCUT2D eigenvalue weighted by molar-refractivity contribution is 0.0954. The summed E-state index contributed by atoms with van der Waals surface area (Å²) in [4.78, 5) is 11.9. The summed E-state index contributed by atoms with van der Waals surface area (Å²) in [6, 6.07) is 4.29. The molecule has 0 heterocycles. The fourth-order valence-corrected chi connectivity index (χ4v) is 2.59. The second-order valence-electron chi connectivity index (χ2n) is 4.74. The van der Waals surface area contributed by atoms with Crippen LogP contribution in [0.1, 0.15) is 42.5 Å². The first-order valence-corrected chi connectivity index (χ1v) is 7.37. The molecule has 1 aromatic rings. The van der Waals surface area contributed by atoms with Gasteiger partial charge < -0.3 is 5.32 Å². The van der Waals surface area contributed by atoms with Crippen molar-refractivity contribution in [3.63, 3.8) is 0 Å². The number of amides is 1. The van der Waals surface area contributed by atoms with Gasteiger partial charge in [0.15, 0.2) is 0 Å². The van der Waals surface area contributed by atoms with Gasteiger partial charge in [-0.05, 0) is 66.2 Å². The Labute approximate surface area is 121 Å². The highest BCUT2D eigenvalue weighted by Gasteiger charge is 2.09. The molecule has 1 amide bonds. The number of rotatable bonds is 4. The number of nitrogens with one attached hydrogen (secondary N) is 1. The molecule has 4 heteroatoms. The highest BCUT2D eigenvalue weighted by molar-refractivity contribution is 9.10. The van der Waals surface area contributed by atoms with Crippen LogP contribution in [-0.4, -0.2) is 12.5 Å². The molecule has 1 N–H and O–H groups in total. The van der Waals surface area contributed by atoms with Crippen LogP contribution in [0, 0.1) is 5.82 Å². The van der Waals surface area contributed by atoms with Crippen molar-refractivity contribution in [1.82, 2.24) is 5.32 Å². The van der Waals surface area contributed by atoms with Crippen molar-refractivity contribution in [2.45, 2.75) is 32.1 Å². The van der Waals surface area contributed by atoms with Crippen LogP contribution in [0.3, 0.4) is 0 Å². The fraction of sp³-hybridized carbons (Fsp3) is 0.400. The number of hydrogen-bond donors (Lipinski definition) is 1. The predicted molar refractivity (Wildman–Crippen MR) is 77.6 cm³/mol. The Bertz CT molecular complexity index is 499. The molecule has 0 radical (unpaired) electrons. The molecule has 0 atom stereocenters. The van der Waals surface area contributed by atoms with Crippen LogP contribution >= 0.6 is 15.9 Å². The zero-order chi connectivity index (χ0) is 13.7. The van der Waals surface area contributed by atoms with Crippen molar-refractivity contribution in [2.75, 3.05) is 6.54 Å². The van der Waals surface area contributed by atoms with Gasteiger partial charge in [0.2, 0.25) is 0 Å². The summed E-state index contributed by atoms with van der Waals surface area (Å²) in [6.45, 7) is 0.639. The van der Waals surface area contributed by atoms with Gasteiger partial charge in [-0.2, -0.15) is 0 Å². The molecule has 0 unspecified atom stereocenters. The Hall–Kier alpha value is -1.16. The molecule has 102 valence electrons. The van der Waals surface area contributed by atoms with E-state index in [-0.39, 0.29) is 11.7 Å². The van der Waals surface area contributed by atoms with Crippen LogP contribution < -0.4 is 5.32 Å². The first-order valence-electron chi connectivity index (χ1n) is 6.58. The van der Waals surface area contributed by atoms with Crippen molar-refractivity contribution in [3.8, 4) is 0 Å². The average Bonchev–Trinajstić information content (AvgIpc) is 2.43. The zero-order valence-electron chi connectivity index (χ0n) is 10.7. The Balaban J connectivity index is 1.83.